The molecule has 24 heavy (non-hydrogen) atoms. The minimum absolute atomic E-state index is 0.248. The van der Waals surface area contributed by atoms with Crippen LogP contribution >= 0.6 is 0 Å². The number of carbonyl (C=O) groups excluding carboxylic acids is 4. The second-order valence-corrected chi connectivity index (χ2v) is 5.30. The fraction of sp³-hybridized carbons (Fsp3) is 0.615. The van der Waals surface area contributed by atoms with Crippen molar-refractivity contribution in [2.75, 3.05) is 19.6 Å². The molecule has 134 valence electrons. The summed E-state index contributed by atoms with van der Waals surface area (Å²) in [6.45, 7) is -0.686. The number of nitrogens with one attached hydrogen (secondary N) is 2. The number of primary amides is 1. The Balaban J connectivity index is 2.82. The van der Waals surface area contributed by atoms with Crippen molar-refractivity contribution in [3.63, 3.8) is 0 Å². The number of carboxylic acids is 1. The average molecular weight is 343 g/mol. The number of hydrogen-bond donors (Lipinski definition) is 5. The Bertz CT molecular complexity index is 537. The highest BCUT2D eigenvalue weighted by atomic mass is 16.4. The van der Waals surface area contributed by atoms with Gasteiger partial charge in [-0.05, 0) is 12.8 Å². The molecule has 11 nitrogen and oxygen atoms in total. The van der Waals surface area contributed by atoms with Crippen LogP contribution in [0.5, 0.6) is 0 Å². The van der Waals surface area contributed by atoms with Crippen LogP contribution in [-0.2, 0) is 24.0 Å². The molecule has 1 aliphatic heterocycles. The summed E-state index contributed by atoms with van der Waals surface area (Å²) in [5.74, 6) is -3.88. The van der Waals surface area contributed by atoms with Crippen LogP contribution in [0.3, 0.4) is 0 Å². The van der Waals surface area contributed by atoms with E-state index >= 15 is 0 Å². The number of nitrogens with zero attached hydrogens (tertiary/aromatic N) is 1. The van der Waals surface area contributed by atoms with Gasteiger partial charge in [0.05, 0.1) is 13.0 Å². The van der Waals surface area contributed by atoms with Crippen LogP contribution in [-0.4, -0.2) is 71.3 Å². The topological polar surface area (TPSA) is 185 Å². The summed E-state index contributed by atoms with van der Waals surface area (Å²) in [6.07, 6.45) is 0.459. The molecule has 4 amide bonds. The Morgan fingerprint density at radius 2 is 1.92 bits per heavy atom. The van der Waals surface area contributed by atoms with Crippen molar-refractivity contribution in [1.29, 1.82) is 0 Å². The predicted octanol–water partition coefficient (Wildman–Crippen LogP) is -3.50. The summed E-state index contributed by atoms with van der Waals surface area (Å²) in [5, 5.41) is 13.1. The maximum absolute atomic E-state index is 12.6. The summed E-state index contributed by atoms with van der Waals surface area (Å²) in [5.41, 5.74) is 10.3. The molecular weight excluding hydrogens is 322 g/mol. The van der Waals surface area contributed by atoms with E-state index in [0.29, 0.717) is 12.8 Å². The second-order valence-electron chi connectivity index (χ2n) is 5.30. The molecule has 1 rings (SSSR count). The van der Waals surface area contributed by atoms with Gasteiger partial charge in [-0.1, -0.05) is 0 Å². The normalized spacial score (nSPS) is 17.9. The minimum Gasteiger partial charge on any atom is -0.480 e. The van der Waals surface area contributed by atoms with Gasteiger partial charge in [0.25, 0.3) is 0 Å². The number of aliphatic carboxylic acids is 1. The average Bonchev–Trinajstić information content (AvgIpc) is 3.00. The monoisotopic (exact) mass is 343 g/mol. The van der Waals surface area contributed by atoms with Crippen molar-refractivity contribution in [2.45, 2.75) is 31.3 Å². The Kier molecular flexibility index (Phi) is 7.11. The Hall–Kier alpha value is -2.69. The number of likely N-dealkylation sites (tertiary alicyclic amines) is 1. The molecule has 11 heteroatoms. The molecule has 0 spiro atoms. The Morgan fingerprint density at radius 3 is 2.46 bits per heavy atom. The van der Waals surface area contributed by atoms with E-state index in [9.17, 15) is 24.0 Å². The van der Waals surface area contributed by atoms with Crippen molar-refractivity contribution in [2.24, 2.45) is 11.5 Å². The predicted molar refractivity (Wildman–Crippen MR) is 80.2 cm³/mol. The fourth-order valence-electron chi connectivity index (χ4n) is 2.44. The summed E-state index contributed by atoms with van der Waals surface area (Å²) >= 11 is 0. The highest BCUT2D eigenvalue weighted by Crippen LogP contribution is 2.19. The van der Waals surface area contributed by atoms with Crippen LogP contribution in [0, 0.1) is 0 Å². The van der Waals surface area contributed by atoms with Crippen molar-refractivity contribution in [3.05, 3.63) is 0 Å². The van der Waals surface area contributed by atoms with Gasteiger partial charge in [0.15, 0.2) is 0 Å². The fourth-order valence-corrected chi connectivity index (χ4v) is 2.44. The number of nitrogens with two attached hydrogens (primary N) is 2. The van der Waals surface area contributed by atoms with Crippen molar-refractivity contribution < 1.29 is 29.1 Å². The molecule has 1 fully saturated rings. The molecule has 2 unspecified atom stereocenters. The molecule has 7 N–H and O–H groups in total. The first-order valence-corrected chi connectivity index (χ1v) is 7.34. The van der Waals surface area contributed by atoms with Crippen LogP contribution in [0.2, 0.25) is 0 Å². The number of carbonyl (C=O) groups is 5. The molecule has 1 aliphatic rings. The first kappa shape index (κ1) is 19.4. The van der Waals surface area contributed by atoms with E-state index in [1.807, 2.05) is 0 Å². The third-order valence-corrected chi connectivity index (χ3v) is 3.48. The Labute approximate surface area is 137 Å². The molecule has 0 bridgehead atoms. The first-order chi connectivity index (χ1) is 11.3. The SMILES string of the molecule is NCC(=O)NC(CC(N)=O)C(=O)N1CCCC1C(=O)NCC(=O)O. The van der Waals surface area contributed by atoms with Gasteiger partial charge < -0.3 is 32.1 Å². The van der Waals surface area contributed by atoms with Crippen molar-refractivity contribution >= 4 is 29.6 Å². The van der Waals surface area contributed by atoms with Gasteiger partial charge in [0, 0.05) is 6.54 Å². The molecule has 0 radical (unpaired) electrons. The third-order valence-electron chi connectivity index (χ3n) is 3.48. The van der Waals surface area contributed by atoms with Crippen LogP contribution in [0.25, 0.3) is 0 Å². The van der Waals surface area contributed by atoms with E-state index in [0.717, 1.165) is 0 Å². The zero-order chi connectivity index (χ0) is 18.3. The summed E-state index contributed by atoms with van der Waals surface area (Å²) in [4.78, 5) is 58.8. The quantitative estimate of drug-likeness (QED) is 0.302. The largest absolute Gasteiger partial charge is 0.480 e. The van der Waals surface area contributed by atoms with Crippen LogP contribution in [0.4, 0.5) is 0 Å². The number of hydrogen-bond acceptors (Lipinski definition) is 6. The van der Waals surface area contributed by atoms with E-state index in [1.54, 1.807) is 0 Å². The molecule has 0 aromatic heterocycles. The minimum atomic E-state index is -1.22. The second kappa shape index (κ2) is 8.82. The van der Waals surface area contributed by atoms with E-state index < -0.39 is 54.6 Å². The highest BCUT2D eigenvalue weighted by molar-refractivity contribution is 5.95. The third kappa shape index (κ3) is 5.50. The van der Waals surface area contributed by atoms with E-state index in [1.165, 1.54) is 4.90 Å². The summed E-state index contributed by atoms with van der Waals surface area (Å²) in [7, 11) is 0. The maximum Gasteiger partial charge on any atom is 0.322 e. The van der Waals surface area contributed by atoms with Gasteiger partial charge in [-0.3, -0.25) is 24.0 Å². The molecule has 2 atom stereocenters. The Morgan fingerprint density at radius 1 is 1.25 bits per heavy atom. The molecule has 1 heterocycles. The molecule has 0 aromatic carbocycles. The highest BCUT2D eigenvalue weighted by Gasteiger charge is 2.38. The molecular formula is C13H21N5O6. The van der Waals surface area contributed by atoms with Gasteiger partial charge in [0.2, 0.25) is 23.6 Å². The lowest BCUT2D eigenvalue weighted by Crippen LogP contribution is -2.55. The van der Waals surface area contributed by atoms with E-state index in [2.05, 4.69) is 10.6 Å². The van der Waals surface area contributed by atoms with Crippen molar-refractivity contribution in [1.82, 2.24) is 15.5 Å². The molecule has 1 saturated heterocycles. The van der Waals surface area contributed by atoms with Crippen LogP contribution < -0.4 is 22.1 Å². The number of amides is 4. The van der Waals surface area contributed by atoms with Crippen LogP contribution in [0.15, 0.2) is 0 Å². The smallest absolute Gasteiger partial charge is 0.322 e. The lowest BCUT2D eigenvalue weighted by Gasteiger charge is -2.28. The zero-order valence-electron chi connectivity index (χ0n) is 13.0. The van der Waals surface area contributed by atoms with Gasteiger partial charge in [-0.2, -0.15) is 0 Å². The molecule has 0 saturated carbocycles. The standard InChI is InChI=1S/C13H21N5O6/c14-5-10(20)17-7(4-9(15)19)13(24)18-3-1-2-8(18)12(23)16-6-11(21)22/h7-8H,1-6,14H2,(H2,15,19)(H,16,23)(H,17,20)(H,21,22). The summed E-state index contributed by atoms with van der Waals surface area (Å²) < 4.78 is 0. The van der Waals surface area contributed by atoms with Gasteiger partial charge in [-0.15, -0.1) is 0 Å². The number of carboxylic acid groups (broad SMARTS) is 1. The maximum atomic E-state index is 12.6. The van der Waals surface area contributed by atoms with Crippen molar-refractivity contribution in [3.8, 4) is 0 Å². The zero-order valence-corrected chi connectivity index (χ0v) is 13.0. The van der Waals surface area contributed by atoms with Crippen LogP contribution in [0.1, 0.15) is 19.3 Å². The van der Waals surface area contributed by atoms with E-state index in [-0.39, 0.29) is 13.1 Å². The van der Waals surface area contributed by atoms with Gasteiger partial charge in [-0.25, -0.2) is 0 Å². The number of rotatable bonds is 8. The lowest BCUT2D eigenvalue weighted by atomic mass is 10.1. The summed E-state index contributed by atoms with van der Waals surface area (Å²) in [6, 6.07) is -2.08. The molecule has 0 aliphatic carbocycles. The van der Waals surface area contributed by atoms with E-state index in [4.69, 9.17) is 16.6 Å². The lowest BCUT2D eigenvalue weighted by molar-refractivity contribution is -0.143. The first-order valence-electron chi connectivity index (χ1n) is 7.34. The van der Waals surface area contributed by atoms with Gasteiger partial charge >= 0.3 is 5.97 Å². The van der Waals surface area contributed by atoms with Gasteiger partial charge in [0.1, 0.15) is 18.6 Å². The molecule has 0 aromatic rings.